The van der Waals surface area contributed by atoms with Crippen LogP contribution in [0, 0.1) is 23.1 Å². The fourth-order valence-corrected chi connectivity index (χ4v) is 5.39. The van der Waals surface area contributed by atoms with Crippen LogP contribution in [-0.2, 0) is 11.2 Å². The van der Waals surface area contributed by atoms with Gasteiger partial charge in [0.25, 0.3) is 0 Å². The number of piperazine rings is 1. The number of piperidine rings is 1. The van der Waals surface area contributed by atoms with Gasteiger partial charge in [0.2, 0.25) is 5.91 Å². The number of carbonyl (C=O) groups is 1. The van der Waals surface area contributed by atoms with Gasteiger partial charge in [0.05, 0.1) is 0 Å². The SMILES string of the molecule is CCCc1ccc(F)cc1N1CCN(CCC2CCN(C(=O)[C]3C=C3C(C)(C)C)CC2)CC1. The van der Waals surface area contributed by atoms with Crippen LogP contribution in [0.1, 0.15) is 58.9 Å². The highest BCUT2D eigenvalue weighted by Crippen LogP contribution is 2.46. The summed E-state index contributed by atoms with van der Waals surface area (Å²) in [6.07, 6.45) is 7.61. The van der Waals surface area contributed by atoms with Crippen molar-refractivity contribution in [2.24, 2.45) is 11.3 Å². The molecule has 3 aliphatic rings. The molecule has 2 aliphatic heterocycles. The topological polar surface area (TPSA) is 26.8 Å². The Labute approximate surface area is 199 Å². The highest BCUT2D eigenvalue weighted by molar-refractivity contribution is 6.03. The lowest BCUT2D eigenvalue weighted by molar-refractivity contribution is -0.129. The predicted molar refractivity (Wildman–Crippen MR) is 134 cm³/mol. The maximum absolute atomic E-state index is 13.9. The van der Waals surface area contributed by atoms with E-state index in [1.54, 1.807) is 12.1 Å². The molecule has 4 rings (SSSR count). The Morgan fingerprint density at radius 2 is 1.76 bits per heavy atom. The molecule has 1 aromatic rings. The molecule has 2 fully saturated rings. The van der Waals surface area contributed by atoms with Crippen LogP contribution in [0.15, 0.2) is 29.8 Å². The van der Waals surface area contributed by atoms with E-state index < -0.39 is 0 Å². The van der Waals surface area contributed by atoms with Gasteiger partial charge >= 0.3 is 0 Å². The Morgan fingerprint density at radius 1 is 1.06 bits per heavy atom. The number of nitrogens with zero attached hydrogens (tertiary/aromatic N) is 3. The molecule has 1 radical (unpaired) electrons. The lowest BCUT2D eigenvalue weighted by atomic mass is 9.89. The standard InChI is InChI=1S/C28H41FN3O/c1-5-6-22-7-8-23(29)19-26(22)31-17-15-30(16-18-31)12-9-21-10-13-32(14-11-21)27(33)24-20-25(24)28(2,3)4/h7-8,19-21H,5-6,9-18H2,1-4H3. The van der Waals surface area contributed by atoms with Crippen LogP contribution in [0.3, 0.4) is 0 Å². The lowest BCUT2D eigenvalue weighted by Gasteiger charge is -2.38. The van der Waals surface area contributed by atoms with Gasteiger partial charge < -0.3 is 9.80 Å². The molecule has 33 heavy (non-hydrogen) atoms. The molecule has 1 amide bonds. The third kappa shape index (κ3) is 5.98. The minimum atomic E-state index is -0.136. The van der Waals surface area contributed by atoms with Crippen LogP contribution in [0.4, 0.5) is 10.1 Å². The first kappa shape index (κ1) is 24.3. The number of anilines is 1. The molecule has 5 heteroatoms. The molecule has 1 aliphatic carbocycles. The van der Waals surface area contributed by atoms with Gasteiger partial charge in [-0.05, 0) is 66.8 Å². The van der Waals surface area contributed by atoms with Gasteiger partial charge in [-0.1, -0.05) is 46.3 Å². The highest BCUT2D eigenvalue weighted by atomic mass is 19.1. The molecule has 0 atom stereocenters. The number of benzene rings is 1. The van der Waals surface area contributed by atoms with Crippen molar-refractivity contribution in [3.8, 4) is 0 Å². The molecule has 4 nitrogen and oxygen atoms in total. The number of rotatable bonds is 7. The van der Waals surface area contributed by atoms with E-state index in [1.165, 1.54) is 17.6 Å². The van der Waals surface area contributed by atoms with E-state index in [1.807, 2.05) is 6.07 Å². The predicted octanol–water partition coefficient (Wildman–Crippen LogP) is 5.09. The first-order valence-corrected chi connectivity index (χ1v) is 12.9. The van der Waals surface area contributed by atoms with Gasteiger partial charge in [0, 0.05) is 45.0 Å². The molecule has 0 unspecified atom stereocenters. The molecule has 0 bridgehead atoms. The summed E-state index contributed by atoms with van der Waals surface area (Å²) in [6.45, 7) is 15.6. The zero-order chi connectivity index (χ0) is 23.6. The van der Waals surface area contributed by atoms with Crippen molar-refractivity contribution in [2.45, 2.75) is 59.8 Å². The van der Waals surface area contributed by atoms with Gasteiger partial charge in [0.15, 0.2) is 0 Å². The number of hydrogen-bond acceptors (Lipinski definition) is 3. The Hall–Kier alpha value is -1.88. The van der Waals surface area contributed by atoms with Crippen LogP contribution in [0.5, 0.6) is 0 Å². The number of aryl methyl sites for hydroxylation is 1. The summed E-state index contributed by atoms with van der Waals surface area (Å²) in [5.41, 5.74) is 3.67. The van der Waals surface area contributed by atoms with E-state index in [0.29, 0.717) is 5.92 Å². The minimum Gasteiger partial charge on any atom is -0.369 e. The van der Waals surface area contributed by atoms with Gasteiger partial charge in [-0.25, -0.2) is 4.39 Å². The average Bonchev–Trinajstić information content (AvgIpc) is 3.61. The minimum absolute atomic E-state index is 0.0829. The monoisotopic (exact) mass is 454 g/mol. The van der Waals surface area contributed by atoms with Crippen LogP contribution >= 0.6 is 0 Å². The van der Waals surface area contributed by atoms with Gasteiger partial charge in [0.1, 0.15) is 11.7 Å². The second kappa shape index (κ2) is 10.2. The molecule has 0 spiro atoms. The summed E-state index contributed by atoms with van der Waals surface area (Å²) in [6, 6.07) is 5.27. The van der Waals surface area contributed by atoms with Crippen LogP contribution in [0.2, 0.25) is 0 Å². The fourth-order valence-electron chi connectivity index (χ4n) is 5.39. The number of carbonyl (C=O) groups excluding carboxylic acids is 1. The summed E-state index contributed by atoms with van der Waals surface area (Å²) in [7, 11) is 0. The normalized spacial score (nSPS) is 20.8. The van der Waals surface area contributed by atoms with E-state index in [-0.39, 0.29) is 17.1 Å². The maximum Gasteiger partial charge on any atom is 0.238 e. The lowest BCUT2D eigenvalue weighted by Crippen LogP contribution is -2.47. The van der Waals surface area contributed by atoms with Crippen molar-refractivity contribution in [3.05, 3.63) is 47.1 Å². The quantitative estimate of drug-likeness (QED) is 0.574. The molecule has 0 aromatic heterocycles. The van der Waals surface area contributed by atoms with Crippen molar-refractivity contribution in [1.29, 1.82) is 0 Å². The molecule has 181 valence electrons. The van der Waals surface area contributed by atoms with Crippen LogP contribution in [-0.4, -0.2) is 61.5 Å². The average molecular weight is 455 g/mol. The van der Waals surface area contributed by atoms with Crippen molar-refractivity contribution in [1.82, 2.24) is 9.80 Å². The van der Waals surface area contributed by atoms with E-state index in [4.69, 9.17) is 0 Å². The molecular weight excluding hydrogens is 413 g/mol. The van der Waals surface area contributed by atoms with Crippen molar-refractivity contribution >= 4 is 11.6 Å². The molecule has 2 saturated heterocycles. The Bertz CT molecular complexity index is 858. The molecule has 0 N–H and O–H groups in total. The van der Waals surface area contributed by atoms with Gasteiger partial charge in [-0.2, -0.15) is 0 Å². The first-order chi connectivity index (χ1) is 15.8. The summed E-state index contributed by atoms with van der Waals surface area (Å²) < 4.78 is 13.9. The summed E-state index contributed by atoms with van der Waals surface area (Å²) in [5, 5.41) is 0. The third-order valence-corrected chi connectivity index (χ3v) is 7.57. The van der Waals surface area contributed by atoms with Crippen molar-refractivity contribution < 1.29 is 9.18 Å². The zero-order valence-electron chi connectivity index (χ0n) is 21.0. The van der Waals surface area contributed by atoms with Crippen molar-refractivity contribution in [2.75, 3.05) is 50.7 Å². The number of hydrogen-bond donors (Lipinski definition) is 0. The van der Waals surface area contributed by atoms with Crippen LogP contribution in [0.25, 0.3) is 0 Å². The Morgan fingerprint density at radius 3 is 2.36 bits per heavy atom. The molecular formula is C28H41FN3O. The summed E-state index contributed by atoms with van der Waals surface area (Å²) in [5.74, 6) is 1.78. The molecule has 2 heterocycles. The zero-order valence-corrected chi connectivity index (χ0v) is 21.0. The largest absolute Gasteiger partial charge is 0.369 e. The maximum atomic E-state index is 13.9. The summed E-state index contributed by atoms with van der Waals surface area (Å²) in [4.78, 5) is 19.8. The van der Waals surface area contributed by atoms with Gasteiger partial charge in [-0.15, -0.1) is 0 Å². The van der Waals surface area contributed by atoms with E-state index in [2.05, 4.69) is 48.5 Å². The number of halogens is 1. The third-order valence-electron chi connectivity index (χ3n) is 7.57. The van der Waals surface area contributed by atoms with E-state index >= 15 is 0 Å². The number of amides is 1. The number of likely N-dealkylation sites (tertiary alicyclic amines) is 1. The summed E-state index contributed by atoms with van der Waals surface area (Å²) >= 11 is 0. The smallest absolute Gasteiger partial charge is 0.238 e. The molecule has 1 aromatic carbocycles. The van der Waals surface area contributed by atoms with Crippen molar-refractivity contribution in [3.63, 3.8) is 0 Å². The Kier molecular flexibility index (Phi) is 7.47. The Balaban J connectivity index is 1.17. The molecule has 0 saturated carbocycles. The second-order valence-corrected chi connectivity index (χ2v) is 11.1. The first-order valence-electron chi connectivity index (χ1n) is 12.9. The van der Waals surface area contributed by atoms with Crippen LogP contribution < -0.4 is 4.90 Å². The second-order valence-electron chi connectivity index (χ2n) is 11.1. The van der Waals surface area contributed by atoms with Gasteiger partial charge in [-0.3, -0.25) is 9.69 Å². The fraction of sp³-hybridized carbons (Fsp3) is 0.643. The van der Waals surface area contributed by atoms with E-state index in [9.17, 15) is 9.18 Å². The van der Waals surface area contributed by atoms with E-state index in [0.717, 1.165) is 83.1 Å². The highest BCUT2D eigenvalue weighted by Gasteiger charge is 2.42.